The molecule has 94 valence electrons. The number of nitrogens with zero attached hydrogens (tertiary/aromatic N) is 1. The van der Waals surface area contributed by atoms with Gasteiger partial charge in [0.15, 0.2) is 0 Å². The van der Waals surface area contributed by atoms with Gasteiger partial charge in [-0.2, -0.15) is 0 Å². The second kappa shape index (κ2) is 5.35. The second-order valence-electron chi connectivity index (χ2n) is 4.10. The minimum Gasteiger partial charge on any atom is -0.230 e. The van der Waals surface area contributed by atoms with Crippen molar-refractivity contribution in [3.63, 3.8) is 0 Å². The highest BCUT2D eigenvalue weighted by Crippen LogP contribution is 2.16. The Kier molecular flexibility index (Phi) is 4.04. The average Bonchev–Trinajstić information content (AvgIpc) is 2.30. The van der Waals surface area contributed by atoms with Crippen LogP contribution in [0.4, 0.5) is 0 Å². The molecular formula is C11H15ClN2O2S. The van der Waals surface area contributed by atoms with Gasteiger partial charge >= 0.3 is 0 Å². The predicted octanol–water partition coefficient (Wildman–Crippen LogP) is 2.02. The number of hydrazine groups is 1. The van der Waals surface area contributed by atoms with E-state index in [1.807, 2.05) is 0 Å². The highest BCUT2D eigenvalue weighted by atomic mass is 35.5. The topological polar surface area (TPSA) is 49.4 Å². The summed E-state index contributed by atoms with van der Waals surface area (Å²) in [4.78, 5) is 2.79. The van der Waals surface area contributed by atoms with E-state index in [-0.39, 0.29) is 4.90 Å². The Morgan fingerprint density at radius 3 is 2.53 bits per heavy atom. The fourth-order valence-electron chi connectivity index (χ4n) is 1.84. The summed E-state index contributed by atoms with van der Waals surface area (Å²) in [6.45, 7) is 1.53. The molecule has 2 rings (SSSR count). The number of piperidine rings is 1. The molecule has 1 N–H and O–H groups in total. The summed E-state index contributed by atoms with van der Waals surface area (Å²) in [7, 11) is -3.49. The van der Waals surface area contributed by atoms with Crippen LogP contribution < -0.4 is 4.83 Å². The minimum atomic E-state index is -3.49. The summed E-state index contributed by atoms with van der Waals surface area (Å²) in [5.41, 5.74) is 0. The molecule has 0 unspecified atom stereocenters. The van der Waals surface area contributed by atoms with E-state index in [0.29, 0.717) is 5.02 Å². The lowest BCUT2D eigenvalue weighted by Gasteiger charge is -2.26. The molecule has 0 saturated carbocycles. The fourth-order valence-corrected chi connectivity index (χ4v) is 3.26. The highest BCUT2D eigenvalue weighted by Gasteiger charge is 2.19. The van der Waals surface area contributed by atoms with Crippen molar-refractivity contribution in [1.82, 2.24) is 9.84 Å². The first-order valence-corrected chi connectivity index (χ1v) is 7.47. The third-order valence-electron chi connectivity index (χ3n) is 2.71. The Labute approximate surface area is 107 Å². The smallest absolute Gasteiger partial charge is 0.230 e. The Bertz CT molecular complexity index is 484. The van der Waals surface area contributed by atoms with E-state index in [1.54, 1.807) is 17.1 Å². The van der Waals surface area contributed by atoms with Crippen molar-refractivity contribution in [2.24, 2.45) is 0 Å². The van der Waals surface area contributed by atoms with Crippen LogP contribution in [0.15, 0.2) is 29.2 Å². The van der Waals surface area contributed by atoms with E-state index in [2.05, 4.69) is 4.83 Å². The van der Waals surface area contributed by atoms with Crippen LogP contribution in [0.3, 0.4) is 0 Å². The molecule has 4 nitrogen and oxygen atoms in total. The van der Waals surface area contributed by atoms with Crippen molar-refractivity contribution in [1.29, 1.82) is 0 Å². The van der Waals surface area contributed by atoms with Crippen molar-refractivity contribution < 1.29 is 8.42 Å². The lowest BCUT2D eigenvalue weighted by atomic mass is 10.2. The summed E-state index contributed by atoms with van der Waals surface area (Å²) in [6.07, 6.45) is 3.21. The molecule has 1 aromatic rings. The zero-order valence-electron chi connectivity index (χ0n) is 9.39. The summed E-state index contributed by atoms with van der Waals surface area (Å²) in [5, 5.41) is 2.17. The van der Waals surface area contributed by atoms with Gasteiger partial charge in [-0.25, -0.2) is 13.4 Å². The number of nitrogens with one attached hydrogen (secondary N) is 1. The quantitative estimate of drug-likeness (QED) is 0.917. The first kappa shape index (κ1) is 12.8. The van der Waals surface area contributed by atoms with E-state index in [9.17, 15) is 8.42 Å². The third kappa shape index (κ3) is 3.42. The Morgan fingerprint density at radius 1 is 1.18 bits per heavy atom. The molecule has 1 heterocycles. The monoisotopic (exact) mass is 274 g/mol. The van der Waals surface area contributed by atoms with Crippen LogP contribution in [-0.4, -0.2) is 26.5 Å². The fraction of sp³-hybridized carbons (Fsp3) is 0.455. The predicted molar refractivity (Wildman–Crippen MR) is 67.2 cm³/mol. The van der Waals surface area contributed by atoms with Crippen molar-refractivity contribution >= 4 is 21.6 Å². The van der Waals surface area contributed by atoms with Crippen LogP contribution in [0.25, 0.3) is 0 Å². The van der Waals surface area contributed by atoms with Crippen molar-refractivity contribution in [2.75, 3.05) is 13.1 Å². The minimum absolute atomic E-state index is 0.204. The second-order valence-corrected chi connectivity index (χ2v) is 6.20. The summed E-state index contributed by atoms with van der Waals surface area (Å²) in [6, 6.07) is 6.28. The van der Waals surface area contributed by atoms with Crippen LogP contribution in [-0.2, 0) is 10.0 Å². The standard InChI is InChI=1S/C11H15ClN2O2S/c12-10-5-4-6-11(9-10)17(15,16)13-14-7-2-1-3-8-14/h4-6,9,13H,1-3,7-8H2. The van der Waals surface area contributed by atoms with Crippen LogP contribution in [0.2, 0.25) is 5.02 Å². The zero-order valence-corrected chi connectivity index (χ0v) is 11.0. The van der Waals surface area contributed by atoms with Crippen molar-refractivity contribution in [3.8, 4) is 0 Å². The molecule has 0 spiro atoms. The van der Waals surface area contributed by atoms with Crippen LogP contribution in [0.1, 0.15) is 19.3 Å². The summed E-state index contributed by atoms with van der Waals surface area (Å²) >= 11 is 5.79. The molecule has 0 atom stereocenters. The summed E-state index contributed by atoms with van der Waals surface area (Å²) in [5.74, 6) is 0. The van der Waals surface area contributed by atoms with Crippen LogP contribution in [0.5, 0.6) is 0 Å². The molecule has 0 aromatic heterocycles. The molecule has 17 heavy (non-hydrogen) atoms. The largest absolute Gasteiger partial charge is 0.253 e. The maximum Gasteiger partial charge on any atom is 0.253 e. The molecule has 1 aromatic carbocycles. The molecular weight excluding hydrogens is 260 g/mol. The van der Waals surface area contributed by atoms with Crippen molar-refractivity contribution in [3.05, 3.63) is 29.3 Å². The SMILES string of the molecule is O=S(=O)(NN1CCCCC1)c1cccc(Cl)c1. The van der Waals surface area contributed by atoms with Gasteiger partial charge in [0.25, 0.3) is 10.0 Å². The maximum atomic E-state index is 12.0. The molecule has 0 aliphatic carbocycles. The zero-order chi connectivity index (χ0) is 12.3. The normalized spacial score (nSPS) is 18.2. The molecule has 0 radical (unpaired) electrons. The molecule has 1 aliphatic rings. The van der Waals surface area contributed by atoms with Gasteiger partial charge in [0.2, 0.25) is 0 Å². The first-order chi connectivity index (χ1) is 8.08. The number of hydrogen-bond acceptors (Lipinski definition) is 3. The number of hydrogen-bond donors (Lipinski definition) is 1. The first-order valence-electron chi connectivity index (χ1n) is 5.61. The number of rotatable bonds is 3. The molecule has 0 bridgehead atoms. The van der Waals surface area contributed by atoms with Crippen molar-refractivity contribution in [2.45, 2.75) is 24.2 Å². The molecule has 1 aliphatic heterocycles. The van der Waals surface area contributed by atoms with E-state index in [1.165, 1.54) is 12.1 Å². The Morgan fingerprint density at radius 2 is 1.88 bits per heavy atom. The number of sulfonamides is 1. The Balaban J connectivity index is 2.13. The van der Waals surface area contributed by atoms with Gasteiger partial charge in [0, 0.05) is 18.1 Å². The van der Waals surface area contributed by atoms with Gasteiger partial charge in [0.05, 0.1) is 4.90 Å². The third-order valence-corrected chi connectivity index (χ3v) is 4.32. The average molecular weight is 275 g/mol. The van der Waals surface area contributed by atoms with Gasteiger partial charge in [-0.15, -0.1) is 4.83 Å². The van der Waals surface area contributed by atoms with E-state index in [4.69, 9.17) is 11.6 Å². The highest BCUT2D eigenvalue weighted by molar-refractivity contribution is 7.89. The van der Waals surface area contributed by atoms with Crippen LogP contribution >= 0.6 is 11.6 Å². The molecule has 1 fully saturated rings. The lowest BCUT2D eigenvalue weighted by Crippen LogP contribution is -2.44. The Hall–Kier alpha value is -0.620. The van der Waals surface area contributed by atoms with Gasteiger partial charge in [-0.3, -0.25) is 0 Å². The number of halogens is 1. The maximum absolute atomic E-state index is 12.0. The molecule has 1 saturated heterocycles. The van der Waals surface area contributed by atoms with Crippen LogP contribution in [0, 0.1) is 0 Å². The van der Waals surface area contributed by atoms with Gasteiger partial charge < -0.3 is 0 Å². The van der Waals surface area contributed by atoms with Gasteiger partial charge in [-0.1, -0.05) is 24.1 Å². The van der Waals surface area contributed by atoms with Gasteiger partial charge in [0.1, 0.15) is 0 Å². The lowest BCUT2D eigenvalue weighted by molar-refractivity contribution is 0.200. The summed E-state index contributed by atoms with van der Waals surface area (Å²) < 4.78 is 24.1. The van der Waals surface area contributed by atoms with E-state index >= 15 is 0 Å². The van der Waals surface area contributed by atoms with E-state index in [0.717, 1.165) is 32.4 Å². The van der Waals surface area contributed by atoms with Gasteiger partial charge in [-0.05, 0) is 31.0 Å². The van der Waals surface area contributed by atoms with E-state index < -0.39 is 10.0 Å². The molecule has 6 heteroatoms. The number of benzene rings is 1. The molecule has 0 amide bonds.